The Morgan fingerprint density at radius 3 is 1.58 bits per heavy atom. The second-order valence-corrected chi connectivity index (χ2v) is 5.78. The van der Waals surface area contributed by atoms with Crippen molar-refractivity contribution in [2.24, 2.45) is 0 Å². The lowest BCUT2D eigenvalue weighted by Gasteiger charge is -2.32. The summed E-state index contributed by atoms with van der Waals surface area (Å²) in [5, 5.41) is -0.428. The van der Waals surface area contributed by atoms with Gasteiger partial charge >= 0.3 is 23.9 Å². The van der Waals surface area contributed by atoms with Crippen molar-refractivity contribution in [1.82, 2.24) is 0 Å². The third kappa shape index (κ3) is 3.93. The molecule has 0 atom stereocenters. The molecular formula is C13H5Cl2F9O2. The zero-order chi connectivity index (χ0) is 20.7. The Kier molecular flexibility index (Phi) is 6.00. The van der Waals surface area contributed by atoms with Crippen LogP contribution >= 0.6 is 23.2 Å². The molecule has 13 heteroatoms. The van der Waals surface area contributed by atoms with Crippen LogP contribution in [-0.4, -0.2) is 35.5 Å². The SMILES string of the molecule is O=C(CC(=O)C(F)(F)C(F)(F)C(F)(F)C(F)(F)F)c1cc(Cl)cc(Cl)c1. The highest BCUT2D eigenvalue weighted by Gasteiger charge is 2.83. The van der Waals surface area contributed by atoms with Gasteiger partial charge in [0.2, 0.25) is 5.78 Å². The molecule has 0 spiro atoms. The number of carbonyl (C=O) groups is 2. The summed E-state index contributed by atoms with van der Waals surface area (Å²) in [7, 11) is 0. The van der Waals surface area contributed by atoms with E-state index < -0.39 is 47.5 Å². The molecule has 1 rings (SSSR count). The fourth-order valence-corrected chi connectivity index (χ4v) is 2.15. The van der Waals surface area contributed by atoms with E-state index in [0.717, 1.165) is 18.2 Å². The molecule has 0 saturated heterocycles. The molecule has 0 aliphatic heterocycles. The Labute approximate surface area is 148 Å². The molecule has 0 radical (unpaired) electrons. The van der Waals surface area contributed by atoms with Crippen molar-refractivity contribution in [2.45, 2.75) is 30.4 Å². The molecule has 0 N–H and O–H groups in total. The molecule has 1 aromatic carbocycles. The van der Waals surface area contributed by atoms with Crippen LogP contribution in [0, 0.1) is 0 Å². The number of hydrogen-bond acceptors (Lipinski definition) is 2. The van der Waals surface area contributed by atoms with E-state index in [2.05, 4.69) is 0 Å². The maximum absolute atomic E-state index is 13.4. The first kappa shape index (κ1) is 22.6. The van der Waals surface area contributed by atoms with Crippen LogP contribution in [0.2, 0.25) is 10.0 Å². The smallest absolute Gasteiger partial charge is 0.294 e. The van der Waals surface area contributed by atoms with Crippen molar-refractivity contribution < 1.29 is 49.1 Å². The van der Waals surface area contributed by atoms with Crippen molar-refractivity contribution in [2.75, 3.05) is 0 Å². The summed E-state index contributed by atoms with van der Waals surface area (Å²) >= 11 is 11.0. The maximum Gasteiger partial charge on any atom is 0.460 e. The van der Waals surface area contributed by atoms with Gasteiger partial charge in [0.1, 0.15) is 0 Å². The van der Waals surface area contributed by atoms with Gasteiger partial charge in [0.05, 0.1) is 6.42 Å². The van der Waals surface area contributed by atoms with Gasteiger partial charge in [-0.3, -0.25) is 9.59 Å². The Balaban J connectivity index is 3.16. The summed E-state index contributed by atoms with van der Waals surface area (Å²) in [6.07, 6.45) is -9.15. The Bertz CT molecular complexity index is 709. The topological polar surface area (TPSA) is 34.1 Å². The van der Waals surface area contributed by atoms with E-state index in [9.17, 15) is 49.1 Å². The number of benzene rings is 1. The molecule has 0 aliphatic rings. The predicted molar refractivity (Wildman–Crippen MR) is 71.3 cm³/mol. The Morgan fingerprint density at radius 1 is 0.769 bits per heavy atom. The van der Waals surface area contributed by atoms with Crippen LogP contribution in [0.3, 0.4) is 0 Å². The van der Waals surface area contributed by atoms with Crippen LogP contribution in [0.5, 0.6) is 0 Å². The van der Waals surface area contributed by atoms with Crippen molar-refractivity contribution in [3.05, 3.63) is 33.8 Å². The van der Waals surface area contributed by atoms with Gasteiger partial charge in [-0.25, -0.2) is 0 Å². The quantitative estimate of drug-likeness (QED) is 0.331. The van der Waals surface area contributed by atoms with Gasteiger partial charge in [-0.05, 0) is 18.2 Å². The minimum Gasteiger partial charge on any atom is -0.294 e. The van der Waals surface area contributed by atoms with Crippen molar-refractivity contribution in [3.63, 3.8) is 0 Å². The highest BCUT2D eigenvalue weighted by Crippen LogP contribution is 2.53. The van der Waals surface area contributed by atoms with Crippen LogP contribution in [0.15, 0.2) is 18.2 Å². The first-order chi connectivity index (χ1) is 11.4. The van der Waals surface area contributed by atoms with E-state index in [1.807, 2.05) is 0 Å². The third-order valence-corrected chi connectivity index (χ3v) is 3.44. The number of Topliss-reactive ketones (excluding diaryl/α,β-unsaturated/α-hetero) is 2. The first-order valence-corrected chi connectivity index (χ1v) is 6.93. The summed E-state index contributed by atoms with van der Waals surface area (Å²) in [5.74, 6) is -25.6. The van der Waals surface area contributed by atoms with Crippen LogP contribution < -0.4 is 0 Å². The van der Waals surface area contributed by atoms with Gasteiger partial charge in [-0.15, -0.1) is 0 Å². The molecule has 2 nitrogen and oxygen atoms in total. The number of ketones is 2. The minimum atomic E-state index is -7.22. The number of hydrogen-bond donors (Lipinski definition) is 0. The van der Waals surface area contributed by atoms with E-state index >= 15 is 0 Å². The van der Waals surface area contributed by atoms with E-state index in [4.69, 9.17) is 23.2 Å². The highest BCUT2D eigenvalue weighted by atomic mass is 35.5. The molecule has 1 aromatic rings. The molecule has 0 aromatic heterocycles. The van der Waals surface area contributed by atoms with Crippen LogP contribution in [-0.2, 0) is 4.79 Å². The highest BCUT2D eigenvalue weighted by molar-refractivity contribution is 6.35. The average Bonchev–Trinajstić information content (AvgIpc) is 2.44. The lowest BCUT2D eigenvalue weighted by atomic mass is 9.95. The molecule has 0 heterocycles. The zero-order valence-electron chi connectivity index (χ0n) is 11.9. The monoisotopic (exact) mass is 434 g/mol. The minimum absolute atomic E-state index is 0.214. The van der Waals surface area contributed by atoms with Crippen LogP contribution in [0.4, 0.5) is 39.5 Å². The second-order valence-electron chi connectivity index (χ2n) is 4.90. The summed E-state index contributed by atoms with van der Waals surface area (Å²) in [6, 6.07) is 2.67. The molecule has 0 bridgehead atoms. The molecule has 0 saturated carbocycles. The average molecular weight is 435 g/mol. The van der Waals surface area contributed by atoms with Crippen molar-refractivity contribution in [3.8, 4) is 0 Å². The Hall–Kier alpha value is -1.49. The summed E-state index contributed by atoms with van der Waals surface area (Å²) in [6.45, 7) is 0. The van der Waals surface area contributed by atoms with Gasteiger partial charge in [-0.2, -0.15) is 39.5 Å². The molecule has 26 heavy (non-hydrogen) atoms. The largest absolute Gasteiger partial charge is 0.460 e. The van der Waals surface area contributed by atoms with E-state index in [1.54, 1.807) is 0 Å². The van der Waals surface area contributed by atoms with E-state index in [-0.39, 0.29) is 10.0 Å². The summed E-state index contributed by atoms with van der Waals surface area (Å²) < 4.78 is 114. The maximum atomic E-state index is 13.4. The second kappa shape index (κ2) is 6.91. The standard InChI is InChI=1S/C13H5Cl2F9O2/c14-6-1-5(2-7(15)3-6)8(25)4-9(26)10(16,17)11(18,19)12(20,21)13(22,23)24/h1-3H,4H2. The van der Waals surface area contributed by atoms with Gasteiger partial charge in [-0.1, -0.05) is 23.2 Å². The fourth-order valence-electron chi connectivity index (χ4n) is 1.62. The van der Waals surface area contributed by atoms with Gasteiger partial charge < -0.3 is 0 Å². The van der Waals surface area contributed by atoms with Gasteiger partial charge in [0.25, 0.3) is 0 Å². The van der Waals surface area contributed by atoms with Gasteiger partial charge in [0, 0.05) is 15.6 Å². The summed E-state index contributed by atoms with van der Waals surface area (Å²) in [5.41, 5.74) is -0.613. The van der Waals surface area contributed by atoms with Gasteiger partial charge in [0.15, 0.2) is 5.78 Å². The number of rotatable bonds is 6. The van der Waals surface area contributed by atoms with Crippen molar-refractivity contribution >= 4 is 34.8 Å². The predicted octanol–water partition coefficient (Wildman–Crippen LogP) is 5.60. The lowest BCUT2D eigenvalue weighted by molar-refractivity contribution is -0.388. The number of alkyl halides is 9. The zero-order valence-corrected chi connectivity index (χ0v) is 13.4. The van der Waals surface area contributed by atoms with E-state index in [0.29, 0.717) is 0 Å². The van der Waals surface area contributed by atoms with Crippen LogP contribution in [0.25, 0.3) is 0 Å². The lowest BCUT2D eigenvalue weighted by Crippen LogP contribution is -2.63. The van der Waals surface area contributed by atoms with Crippen molar-refractivity contribution in [1.29, 1.82) is 0 Å². The van der Waals surface area contributed by atoms with E-state index in [1.165, 1.54) is 0 Å². The number of halogens is 11. The number of carbonyl (C=O) groups excluding carboxylic acids is 2. The first-order valence-electron chi connectivity index (χ1n) is 6.18. The molecular weight excluding hydrogens is 430 g/mol. The third-order valence-electron chi connectivity index (χ3n) is 3.00. The normalized spacial score (nSPS) is 13.7. The summed E-state index contributed by atoms with van der Waals surface area (Å²) in [4.78, 5) is 22.9. The van der Waals surface area contributed by atoms with Crippen LogP contribution in [0.1, 0.15) is 16.8 Å². The molecule has 0 unspecified atom stereocenters. The Morgan fingerprint density at radius 2 is 1.19 bits per heavy atom. The molecule has 0 aliphatic carbocycles. The molecule has 0 amide bonds. The fraction of sp³-hybridized carbons (Fsp3) is 0.385. The molecule has 146 valence electrons. The molecule has 0 fully saturated rings.